The Morgan fingerprint density at radius 1 is 1.17 bits per heavy atom. The zero-order valence-corrected chi connectivity index (χ0v) is 13.3. The summed E-state index contributed by atoms with van der Waals surface area (Å²) >= 11 is 0.150. The van der Waals surface area contributed by atoms with Gasteiger partial charge in [0.05, 0.1) is 0 Å². The van der Waals surface area contributed by atoms with E-state index in [-0.39, 0.29) is 61.2 Å². The Morgan fingerprint density at radius 2 is 1.17 bits per heavy atom. The molecule has 0 atom stereocenters. The normalized spacial score (nSPS) is 2.00. The SMILES string of the molecule is [O]=[GaH].[O]=[InH].[O]=[Zn]. The second-order valence-corrected chi connectivity index (χ2v) is 0. The summed E-state index contributed by atoms with van der Waals surface area (Å²) < 4.78 is 25.2. The summed E-state index contributed by atoms with van der Waals surface area (Å²) in [5.41, 5.74) is 0. The van der Waals surface area contributed by atoms with E-state index in [0.717, 1.165) is 0 Å². The first-order chi connectivity index (χ1) is 3.00. The average molecular weight is 300 g/mol. The summed E-state index contributed by atoms with van der Waals surface area (Å²) in [4.78, 5) is 0. The van der Waals surface area contributed by atoms with E-state index in [4.69, 9.17) is 9.97 Å². The quantitative estimate of drug-likeness (QED) is 0.503. The van der Waals surface area contributed by atoms with Gasteiger partial charge < -0.3 is 0 Å². The van der Waals surface area contributed by atoms with Crippen molar-refractivity contribution in [1.82, 2.24) is 0 Å². The van der Waals surface area contributed by atoms with Crippen molar-refractivity contribution in [3.8, 4) is 0 Å². The molecule has 28 valence electrons. The van der Waals surface area contributed by atoms with E-state index in [1.54, 1.807) is 0 Å². The van der Waals surface area contributed by atoms with Crippen LogP contribution in [0.4, 0.5) is 0 Å². The standard InChI is InChI=1S/Ga.In.3O.Zn.2H. The molecule has 0 aromatic rings. The molecule has 0 aromatic carbocycles. The van der Waals surface area contributed by atoms with E-state index in [0.29, 0.717) is 0 Å². The van der Waals surface area contributed by atoms with Crippen LogP contribution in [0.1, 0.15) is 0 Å². The zero-order valence-electron chi connectivity index (χ0n) is 3.35. The third kappa shape index (κ3) is 48.5. The molecule has 0 bridgehead atoms. The van der Waals surface area contributed by atoms with Gasteiger partial charge in [-0.05, 0) is 0 Å². The van der Waals surface area contributed by atoms with Gasteiger partial charge in [0.25, 0.3) is 0 Å². The topological polar surface area (TPSA) is 51.2 Å². The molecular weight excluding hydrogens is 298 g/mol. The van der Waals surface area contributed by atoms with E-state index in [2.05, 4.69) is 0 Å². The van der Waals surface area contributed by atoms with E-state index in [1.165, 1.54) is 0 Å². The Balaban J connectivity index is -0.0000000225. The van der Waals surface area contributed by atoms with Crippen molar-refractivity contribution in [3.63, 3.8) is 0 Å². The molecule has 0 saturated carbocycles. The summed E-state index contributed by atoms with van der Waals surface area (Å²) in [6, 6.07) is 0. The summed E-state index contributed by atoms with van der Waals surface area (Å²) in [5, 5.41) is 0. The zero-order chi connectivity index (χ0) is 6.00. The molecule has 3 nitrogen and oxygen atoms in total. The van der Waals surface area contributed by atoms with Gasteiger partial charge in [-0.25, -0.2) is 0 Å². The second-order valence-electron chi connectivity index (χ2n) is 0. The maximum absolute atomic E-state index is 8.42. The first-order valence-electron chi connectivity index (χ1n) is 0.866. The van der Waals surface area contributed by atoms with Crippen molar-refractivity contribution >= 4 is 42.9 Å². The van der Waals surface area contributed by atoms with Gasteiger partial charge in [0, 0.05) is 0 Å². The van der Waals surface area contributed by atoms with Crippen molar-refractivity contribution in [3.05, 3.63) is 0 Å². The third-order valence-corrected chi connectivity index (χ3v) is 0. The van der Waals surface area contributed by atoms with E-state index in [9.17, 15) is 0 Å². The molecule has 0 heterocycles. The van der Waals surface area contributed by atoms with Gasteiger partial charge in [-0.3, -0.25) is 0 Å². The molecule has 6 heavy (non-hydrogen) atoms. The van der Waals surface area contributed by atoms with Gasteiger partial charge in [0.15, 0.2) is 0 Å². The molecule has 0 fully saturated rings. The third-order valence-electron chi connectivity index (χ3n) is 0. The van der Waals surface area contributed by atoms with E-state index >= 15 is 0 Å². The van der Waals surface area contributed by atoms with Crippen LogP contribution in [0.15, 0.2) is 0 Å². The van der Waals surface area contributed by atoms with Crippen LogP contribution in [0.5, 0.6) is 0 Å². The average Bonchev–Trinajstić information content (AvgIpc) is 1.81. The van der Waals surface area contributed by atoms with Crippen LogP contribution in [-0.4, -0.2) is 42.9 Å². The fourth-order valence-electron chi connectivity index (χ4n) is 0. The maximum atomic E-state index is 8.42. The molecule has 0 rings (SSSR count). The van der Waals surface area contributed by atoms with E-state index in [1.807, 2.05) is 0 Å². The van der Waals surface area contributed by atoms with E-state index < -0.39 is 0 Å². The van der Waals surface area contributed by atoms with Gasteiger partial charge >= 0.3 is 71.1 Å². The molecule has 0 aliphatic heterocycles. The molecule has 0 amide bonds. The predicted octanol–water partition coefficient (Wildman–Crippen LogP) is -1.66. The minimum atomic E-state index is -0.1000. The fraction of sp³-hybridized carbons (Fsp3) is 0. The minimum absolute atomic E-state index is 0.1000. The number of hydrogen-bond donors (Lipinski definition) is 0. The molecule has 0 N–H and O–H groups in total. The Hall–Kier alpha value is 1.53. The van der Waals surface area contributed by atoms with Gasteiger partial charge in [-0.2, -0.15) is 0 Å². The fourth-order valence-corrected chi connectivity index (χ4v) is 0. The second kappa shape index (κ2) is 85.3. The molecule has 0 aromatic heterocycles. The van der Waals surface area contributed by atoms with Gasteiger partial charge in [0.1, 0.15) is 0 Å². The number of rotatable bonds is 0. The molecule has 0 saturated heterocycles. The van der Waals surface area contributed by atoms with Crippen LogP contribution >= 0.6 is 0 Å². The Labute approximate surface area is 70.4 Å². The molecule has 6 heteroatoms. The van der Waals surface area contributed by atoms with Crippen LogP contribution in [0.25, 0.3) is 0 Å². The molecule has 0 unspecified atom stereocenters. The summed E-state index contributed by atoms with van der Waals surface area (Å²) in [7, 11) is 0. The predicted molar refractivity (Wildman–Crippen MR) is 16.4 cm³/mol. The van der Waals surface area contributed by atoms with Crippen molar-refractivity contribution < 1.29 is 28.2 Å². The molecular formula is H2GaInO3Zn. The van der Waals surface area contributed by atoms with Crippen LogP contribution < -0.4 is 0 Å². The van der Waals surface area contributed by atoms with Crippen molar-refractivity contribution in [2.75, 3.05) is 0 Å². The van der Waals surface area contributed by atoms with Crippen LogP contribution in [0, 0.1) is 0 Å². The Bertz CT molecular complexity index is 15.5. The monoisotopic (exact) mass is 298 g/mol. The Kier molecular flexibility index (Phi) is 222. The first-order valence-corrected chi connectivity index (χ1v) is 4.94. The van der Waals surface area contributed by atoms with Crippen LogP contribution in [0.2, 0.25) is 0 Å². The molecule has 0 aliphatic rings. The number of hydrogen-bond acceptors (Lipinski definition) is 3. The van der Waals surface area contributed by atoms with Crippen LogP contribution in [-0.2, 0) is 28.2 Å². The van der Waals surface area contributed by atoms with Gasteiger partial charge in [0.2, 0.25) is 0 Å². The van der Waals surface area contributed by atoms with Crippen molar-refractivity contribution in [2.24, 2.45) is 0 Å². The first kappa shape index (κ1) is 15.6. The summed E-state index contributed by atoms with van der Waals surface area (Å²) in [5.74, 6) is 0. The molecule has 0 spiro atoms. The van der Waals surface area contributed by atoms with Crippen LogP contribution in [0.3, 0.4) is 0 Å². The van der Waals surface area contributed by atoms with Gasteiger partial charge in [-0.1, -0.05) is 0 Å². The summed E-state index contributed by atoms with van der Waals surface area (Å²) in [6.07, 6.45) is 0. The Morgan fingerprint density at radius 3 is 1.17 bits per heavy atom. The molecule has 0 radical (unpaired) electrons. The van der Waals surface area contributed by atoms with Gasteiger partial charge in [-0.15, -0.1) is 0 Å². The molecule has 0 aliphatic carbocycles. The van der Waals surface area contributed by atoms with Crippen molar-refractivity contribution in [1.29, 1.82) is 0 Å². The van der Waals surface area contributed by atoms with Crippen molar-refractivity contribution in [2.45, 2.75) is 0 Å². The summed E-state index contributed by atoms with van der Waals surface area (Å²) in [6.45, 7) is 0.